The number of hydrogen-bond donors (Lipinski definition) is 1. The third-order valence-electron chi connectivity index (χ3n) is 4.02. The lowest BCUT2D eigenvalue weighted by Gasteiger charge is -2.34. The van der Waals surface area contributed by atoms with Gasteiger partial charge in [0.1, 0.15) is 0 Å². The quantitative estimate of drug-likeness (QED) is 0.776. The molecule has 1 aliphatic carbocycles. The van der Waals surface area contributed by atoms with Crippen molar-refractivity contribution in [2.75, 3.05) is 20.1 Å². The van der Waals surface area contributed by atoms with E-state index in [9.17, 15) is 4.79 Å². The maximum atomic E-state index is 12.6. The predicted molar refractivity (Wildman–Crippen MR) is 71.6 cm³/mol. The van der Waals surface area contributed by atoms with Gasteiger partial charge in [0.05, 0.1) is 17.4 Å². The number of nitrogens with zero attached hydrogens (tertiary/aromatic N) is 2. The van der Waals surface area contributed by atoms with Crippen molar-refractivity contribution in [3.8, 4) is 6.07 Å². The zero-order valence-electron chi connectivity index (χ0n) is 11.6. The van der Waals surface area contributed by atoms with Gasteiger partial charge in [0, 0.05) is 20.1 Å². The molecule has 1 rings (SSSR count). The molecule has 4 nitrogen and oxygen atoms in total. The number of nitrogens with two attached hydrogens (primary N) is 1. The highest BCUT2D eigenvalue weighted by atomic mass is 16.2. The smallest absolute Gasteiger partial charge is 0.229 e. The lowest BCUT2D eigenvalue weighted by molar-refractivity contribution is -0.141. The molecule has 18 heavy (non-hydrogen) atoms. The number of carbonyl (C=O) groups excluding carboxylic acids is 1. The Morgan fingerprint density at radius 3 is 2.39 bits per heavy atom. The van der Waals surface area contributed by atoms with Crippen LogP contribution in [0, 0.1) is 22.7 Å². The first-order valence-electron chi connectivity index (χ1n) is 6.91. The van der Waals surface area contributed by atoms with Crippen molar-refractivity contribution in [1.29, 1.82) is 5.26 Å². The van der Waals surface area contributed by atoms with Crippen LogP contribution in [0.3, 0.4) is 0 Å². The molecule has 0 spiro atoms. The summed E-state index contributed by atoms with van der Waals surface area (Å²) in [7, 11) is 1.79. The topological polar surface area (TPSA) is 70.1 Å². The minimum Gasteiger partial charge on any atom is -0.344 e. The summed E-state index contributed by atoms with van der Waals surface area (Å²) in [4.78, 5) is 14.3. The fraction of sp³-hybridized carbons (Fsp3) is 0.857. The Labute approximate surface area is 110 Å². The molecule has 0 aromatic heterocycles. The Balaban J connectivity index is 2.74. The van der Waals surface area contributed by atoms with Crippen LogP contribution in [0.4, 0.5) is 0 Å². The van der Waals surface area contributed by atoms with Gasteiger partial charge in [-0.3, -0.25) is 4.79 Å². The van der Waals surface area contributed by atoms with Crippen LogP contribution in [0.5, 0.6) is 0 Å². The average molecular weight is 251 g/mol. The van der Waals surface area contributed by atoms with Crippen molar-refractivity contribution in [3.05, 3.63) is 0 Å². The van der Waals surface area contributed by atoms with Crippen LogP contribution in [0.25, 0.3) is 0 Å². The Morgan fingerprint density at radius 2 is 1.94 bits per heavy atom. The SMILES string of the molecule is CC(C#N)CN(C)C(=O)C1(CN)CCCCCC1. The van der Waals surface area contributed by atoms with E-state index in [1.807, 2.05) is 6.92 Å². The summed E-state index contributed by atoms with van der Waals surface area (Å²) >= 11 is 0. The van der Waals surface area contributed by atoms with Gasteiger partial charge in [0.15, 0.2) is 0 Å². The first-order chi connectivity index (χ1) is 8.55. The number of amides is 1. The Hall–Kier alpha value is -1.08. The summed E-state index contributed by atoms with van der Waals surface area (Å²) in [5.41, 5.74) is 5.52. The van der Waals surface area contributed by atoms with E-state index in [1.54, 1.807) is 11.9 Å². The molecule has 102 valence electrons. The first-order valence-corrected chi connectivity index (χ1v) is 6.91. The van der Waals surface area contributed by atoms with Crippen molar-refractivity contribution >= 4 is 5.91 Å². The minimum absolute atomic E-state index is 0.125. The second kappa shape index (κ2) is 6.75. The fourth-order valence-electron chi connectivity index (χ4n) is 2.85. The molecule has 0 bridgehead atoms. The van der Waals surface area contributed by atoms with Crippen LogP contribution >= 0.6 is 0 Å². The van der Waals surface area contributed by atoms with E-state index >= 15 is 0 Å². The van der Waals surface area contributed by atoms with Crippen molar-refractivity contribution < 1.29 is 4.79 Å². The Bertz CT molecular complexity index is 313. The van der Waals surface area contributed by atoms with Gasteiger partial charge in [0.2, 0.25) is 5.91 Å². The van der Waals surface area contributed by atoms with Gasteiger partial charge in [-0.2, -0.15) is 5.26 Å². The standard InChI is InChI=1S/C14H25N3O/c1-12(9-15)10-17(2)13(18)14(11-16)7-5-3-4-6-8-14/h12H,3-8,10-11,16H2,1-2H3. The second-order valence-electron chi connectivity index (χ2n) is 5.61. The molecule has 2 N–H and O–H groups in total. The van der Waals surface area contributed by atoms with Gasteiger partial charge in [-0.05, 0) is 19.8 Å². The zero-order chi connectivity index (χ0) is 13.6. The highest BCUT2D eigenvalue weighted by Crippen LogP contribution is 2.35. The van der Waals surface area contributed by atoms with Crippen molar-refractivity contribution in [1.82, 2.24) is 4.90 Å². The molecule has 1 atom stereocenters. The normalized spacial score (nSPS) is 20.6. The van der Waals surface area contributed by atoms with E-state index in [0.717, 1.165) is 25.7 Å². The van der Waals surface area contributed by atoms with Gasteiger partial charge < -0.3 is 10.6 Å². The predicted octanol–water partition coefficient (Wildman–Crippen LogP) is 1.90. The number of carbonyl (C=O) groups is 1. The highest BCUT2D eigenvalue weighted by Gasteiger charge is 2.39. The highest BCUT2D eigenvalue weighted by molar-refractivity contribution is 5.82. The van der Waals surface area contributed by atoms with Gasteiger partial charge in [-0.25, -0.2) is 0 Å². The van der Waals surface area contributed by atoms with Crippen LogP contribution in [0.15, 0.2) is 0 Å². The molecular weight excluding hydrogens is 226 g/mol. The summed E-state index contributed by atoms with van der Waals surface area (Å²) in [6, 6.07) is 2.17. The molecule has 0 heterocycles. The minimum atomic E-state index is -0.375. The molecule has 1 unspecified atom stereocenters. The lowest BCUT2D eigenvalue weighted by atomic mass is 9.79. The molecule has 0 aromatic carbocycles. The Morgan fingerprint density at radius 1 is 1.39 bits per heavy atom. The van der Waals surface area contributed by atoms with Crippen molar-refractivity contribution in [2.45, 2.75) is 45.4 Å². The molecule has 1 amide bonds. The van der Waals surface area contributed by atoms with Crippen LogP contribution in [-0.2, 0) is 4.79 Å². The third-order valence-corrected chi connectivity index (χ3v) is 4.02. The first kappa shape index (κ1) is 15.0. The molecule has 1 saturated carbocycles. The third kappa shape index (κ3) is 3.46. The summed E-state index contributed by atoms with van der Waals surface area (Å²) in [5, 5.41) is 8.83. The van der Waals surface area contributed by atoms with E-state index in [2.05, 4.69) is 6.07 Å². The molecule has 4 heteroatoms. The molecule has 0 aromatic rings. The molecule has 0 radical (unpaired) electrons. The monoisotopic (exact) mass is 251 g/mol. The fourth-order valence-corrected chi connectivity index (χ4v) is 2.85. The molecular formula is C14H25N3O. The lowest BCUT2D eigenvalue weighted by Crippen LogP contribution is -2.47. The molecule has 1 aliphatic rings. The van der Waals surface area contributed by atoms with Gasteiger partial charge in [-0.15, -0.1) is 0 Å². The maximum absolute atomic E-state index is 12.6. The molecule has 1 fully saturated rings. The van der Waals surface area contributed by atoms with E-state index in [1.165, 1.54) is 12.8 Å². The van der Waals surface area contributed by atoms with Crippen LogP contribution in [0.2, 0.25) is 0 Å². The summed E-state index contributed by atoms with van der Waals surface area (Å²) in [5.74, 6) is 0.00792. The summed E-state index contributed by atoms with van der Waals surface area (Å²) in [6.07, 6.45) is 6.37. The van der Waals surface area contributed by atoms with E-state index in [0.29, 0.717) is 13.1 Å². The molecule has 0 saturated heterocycles. The molecule has 0 aliphatic heterocycles. The van der Waals surface area contributed by atoms with Gasteiger partial charge in [0.25, 0.3) is 0 Å². The zero-order valence-corrected chi connectivity index (χ0v) is 11.6. The number of nitriles is 1. The van der Waals surface area contributed by atoms with Crippen LogP contribution < -0.4 is 5.73 Å². The summed E-state index contributed by atoms with van der Waals surface area (Å²) < 4.78 is 0. The number of rotatable bonds is 4. The van der Waals surface area contributed by atoms with E-state index in [4.69, 9.17) is 11.0 Å². The van der Waals surface area contributed by atoms with E-state index in [-0.39, 0.29) is 17.2 Å². The van der Waals surface area contributed by atoms with Crippen molar-refractivity contribution in [2.24, 2.45) is 17.1 Å². The van der Waals surface area contributed by atoms with E-state index < -0.39 is 0 Å². The average Bonchev–Trinajstić information content (AvgIpc) is 2.63. The van der Waals surface area contributed by atoms with Crippen molar-refractivity contribution in [3.63, 3.8) is 0 Å². The van der Waals surface area contributed by atoms with Crippen LogP contribution in [0.1, 0.15) is 45.4 Å². The van der Waals surface area contributed by atoms with Gasteiger partial charge in [-0.1, -0.05) is 25.7 Å². The van der Waals surface area contributed by atoms with Crippen LogP contribution in [-0.4, -0.2) is 30.9 Å². The largest absolute Gasteiger partial charge is 0.344 e. The maximum Gasteiger partial charge on any atom is 0.229 e. The van der Waals surface area contributed by atoms with Gasteiger partial charge >= 0.3 is 0 Å². The second-order valence-corrected chi connectivity index (χ2v) is 5.61. The number of hydrogen-bond acceptors (Lipinski definition) is 3. The Kier molecular flexibility index (Phi) is 5.61. The summed E-state index contributed by atoms with van der Waals surface area (Å²) in [6.45, 7) is 2.76.